The average Bonchev–Trinajstić information content (AvgIpc) is 3.54. The summed E-state index contributed by atoms with van der Waals surface area (Å²) in [5, 5.41) is 6.83. The monoisotopic (exact) mass is 435 g/mol. The Balaban J connectivity index is 1.14. The molecule has 0 aliphatic carbocycles. The molecule has 2 aromatic heterocycles. The number of hydrogen-bond donors (Lipinski definition) is 2. The van der Waals surface area contributed by atoms with E-state index in [1.807, 2.05) is 18.2 Å². The number of imidazole rings is 1. The molecule has 1 amide bonds. The van der Waals surface area contributed by atoms with Gasteiger partial charge in [-0.2, -0.15) is 4.98 Å². The van der Waals surface area contributed by atoms with Crippen LogP contribution in [-0.4, -0.2) is 32.6 Å². The van der Waals surface area contributed by atoms with Gasteiger partial charge in [0.05, 0.1) is 11.0 Å². The lowest BCUT2D eigenvalue weighted by atomic mass is 10.2. The number of aromatic nitrogens is 4. The van der Waals surface area contributed by atoms with Gasteiger partial charge in [0, 0.05) is 30.7 Å². The summed E-state index contributed by atoms with van der Waals surface area (Å²) in [6.45, 7) is 0.764. The summed E-state index contributed by atoms with van der Waals surface area (Å²) in [6.07, 6.45) is 3.39. The fourth-order valence-electron chi connectivity index (χ4n) is 3.75. The van der Waals surface area contributed by atoms with Crippen molar-refractivity contribution < 1.29 is 18.4 Å². The Morgan fingerprint density at radius 3 is 2.88 bits per heavy atom. The summed E-state index contributed by atoms with van der Waals surface area (Å²) >= 11 is 0. The van der Waals surface area contributed by atoms with E-state index in [0.717, 1.165) is 36.3 Å². The van der Waals surface area contributed by atoms with E-state index in [-0.39, 0.29) is 17.8 Å². The van der Waals surface area contributed by atoms with Crippen LogP contribution in [0.4, 0.5) is 10.1 Å². The lowest BCUT2D eigenvalue weighted by Gasteiger charge is -2.04. The first-order valence-electron chi connectivity index (χ1n) is 10.6. The van der Waals surface area contributed by atoms with Crippen LogP contribution in [0.2, 0.25) is 0 Å². The van der Waals surface area contributed by atoms with Gasteiger partial charge in [0.1, 0.15) is 17.7 Å². The van der Waals surface area contributed by atoms with E-state index >= 15 is 0 Å². The number of H-pyrrole nitrogens is 1. The van der Waals surface area contributed by atoms with Gasteiger partial charge in [-0.3, -0.25) is 4.79 Å². The van der Waals surface area contributed by atoms with Gasteiger partial charge in [0.2, 0.25) is 17.6 Å². The number of nitrogens with zero attached hydrogens (tertiary/aromatic N) is 3. The van der Waals surface area contributed by atoms with E-state index in [4.69, 9.17) is 9.26 Å². The van der Waals surface area contributed by atoms with Gasteiger partial charge in [-0.05, 0) is 61.7 Å². The third kappa shape index (κ3) is 4.52. The Bertz CT molecular complexity index is 1230. The van der Waals surface area contributed by atoms with Crippen molar-refractivity contribution in [2.24, 2.45) is 0 Å². The SMILES string of the molecule is O=C(CCCc1nc(-c2ccc(F)cc2)no1)Nc1ccc2nc(C3CCCO3)[nH]c2c1. The molecule has 8 nitrogen and oxygen atoms in total. The van der Waals surface area contributed by atoms with Crippen molar-refractivity contribution in [1.29, 1.82) is 0 Å². The van der Waals surface area contributed by atoms with E-state index in [2.05, 4.69) is 25.4 Å². The molecular formula is C23H22FN5O3. The minimum atomic E-state index is -0.321. The molecule has 1 aliphatic heterocycles. The Hall–Kier alpha value is -3.59. The smallest absolute Gasteiger partial charge is 0.226 e. The summed E-state index contributed by atoms with van der Waals surface area (Å²) in [6, 6.07) is 11.5. The third-order valence-corrected chi connectivity index (χ3v) is 5.38. The van der Waals surface area contributed by atoms with E-state index < -0.39 is 0 Å². The Labute approximate surface area is 183 Å². The number of nitrogens with one attached hydrogen (secondary N) is 2. The van der Waals surface area contributed by atoms with E-state index in [9.17, 15) is 9.18 Å². The normalized spacial score (nSPS) is 16.0. The predicted octanol–water partition coefficient (Wildman–Crippen LogP) is 4.56. The van der Waals surface area contributed by atoms with Gasteiger partial charge in [0.15, 0.2) is 0 Å². The summed E-state index contributed by atoms with van der Waals surface area (Å²) in [7, 11) is 0. The number of halogens is 1. The minimum Gasteiger partial charge on any atom is -0.370 e. The van der Waals surface area contributed by atoms with Crippen LogP contribution in [0, 0.1) is 5.82 Å². The van der Waals surface area contributed by atoms with Gasteiger partial charge < -0.3 is 19.6 Å². The number of aromatic amines is 1. The van der Waals surface area contributed by atoms with E-state index in [1.165, 1.54) is 12.1 Å². The highest BCUT2D eigenvalue weighted by molar-refractivity contribution is 5.93. The predicted molar refractivity (Wildman–Crippen MR) is 115 cm³/mol. The molecule has 5 rings (SSSR count). The number of aryl methyl sites for hydroxylation is 1. The molecule has 1 fully saturated rings. The molecule has 32 heavy (non-hydrogen) atoms. The number of carbonyl (C=O) groups is 1. The molecule has 0 spiro atoms. The first-order chi connectivity index (χ1) is 15.6. The van der Waals surface area contributed by atoms with Crippen LogP contribution in [0.1, 0.15) is 43.5 Å². The van der Waals surface area contributed by atoms with Gasteiger partial charge >= 0.3 is 0 Å². The summed E-state index contributed by atoms with van der Waals surface area (Å²) < 4.78 is 23.9. The van der Waals surface area contributed by atoms with Crippen molar-refractivity contribution in [2.75, 3.05) is 11.9 Å². The molecule has 2 aromatic carbocycles. The van der Waals surface area contributed by atoms with Crippen LogP contribution in [0.15, 0.2) is 47.0 Å². The van der Waals surface area contributed by atoms with E-state index in [0.29, 0.717) is 42.2 Å². The molecule has 0 bridgehead atoms. The number of amides is 1. The highest BCUT2D eigenvalue weighted by Crippen LogP contribution is 2.28. The number of carbonyl (C=O) groups excluding carboxylic acids is 1. The van der Waals surface area contributed by atoms with Crippen LogP contribution in [0.25, 0.3) is 22.4 Å². The van der Waals surface area contributed by atoms with Crippen molar-refractivity contribution in [2.45, 2.75) is 38.2 Å². The summed E-state index contributed by atoms with van der Waals surface area (Å²) in [5.41, 5.74) is 3.10. The number of fused-ring (bicyclic) bond motifs is 1. The second-order valence-corrected chi connectivity index (χ2v) is 7.78. The molecule has 0 radical (unpaired) electrons. The van der Waals surface area contributed by atoms with Gasteiger partial charge in [-0.25, -0.2) is 9.37 Å². The maximum atomic E-state index is 13.0. The quantitative estimate of drug-likeness (QED) is 0.441. The first-order valence-corrected chi connectivity index (χ1v) is 10.6. The lowest BCUT2D eigenvalue weighted by Crippen LogP contribution is -2.11. The van der Waals surface area contributed by atoms with Gasteiger partial charge in [-0.15, -0.1) is 0 Å². The van der Waals surface area contributed by atoms with Crippen molar-refractivity contribution in [3.05, 3.63) is 60.0 Å². The second kappa shape index (κ2) is 8.88. The Morgan fingerprint density at radius 2 is 2.06 bits per heavy atom. The van der Waals surface area contributed by atoms with Gasteiger partial charge in [-0.1, -0.05) is 5.16 Å². The largest absolute Gasteiger partial charge is 0.370 e. The maximum Gasteiger partial charge on any atom is 0.226 e. The number of anilines is 1. The van der Waals surface area contributed by atoms with Crippen molar-refractivity contribution in [1.82, 2.24) is 20.1 Å². The molecule has 1 atom stereocenters. The van der Waals surface area contributed by atoms with Crippen LogP contribution in [0.5, 0.6) is 0 Å². The number of ether oxygens (including phenoxy) is 1. The highest BCUT2D eigenvalue weighted by Gasteiger charge is 2.21. The topological polar surface area (TPSA) is 106 Å². The second-order valence-electron chi connectivity index (χ2n) is 7.78. The third-order valence-electron chi connectivity index (χ3n) is 5.38. The lowest BCUT2D eigenvalue weighted by molar-refractivity contribution is -0.116. The Morgan fingerprint density at radius 1 is 1.19 bits per heavy atom. The Kier molecular flexibility index (Phi) is 5.64. The van der Waals surface area contributed by atoms with Crippen molar-refractivity contribution in [3.63, 3.8) is 0 Å². The molecule has 4 aromatic rings. The number of benzene rings is 2. The van der Waals surface area contributed by atoms with Gasteiger partial charge in [0.25, 0.3) is 0 Å². The summed E-state index contributed by atoms with van der Waals surface area (Å²) in [4.78, 5) is 24.5. The minimum absolute atomic E-state index is 0.0220. The highest BCUT2D eigenvalue weighted by atomic mass is 19.1. The average molecular weight is 435 g/mol. The van der Waals surface area contributed by atoms with Crippen LogP contribution >= 0.6 is 0 Å². The molecule has 0 saturated carbocycles. The van der Waals surface area contributed by atoms with Crippen LogP contribution in [-0.2, 0) is 16.0 Å². The molecule has 1 aliphatic rings. The molecule has 1 unspecified atom stereocenters. The fourth-order valence-corrected chi connectivity index (χ4v) is 3.75. The molecule has 164 valence electrons. The van der Waals surface area contributed by atoms with Crippen molar-refractivity contribution in [3.8, 4) is 11.4 Å². The molecule has 2 N–H and O–H groups in total. The zero-order valence-electron chi connectivity index (χ0n) is 17.3. The zero-order chi connectivity index (χ0) is 21.9. The van der Waals surface area contributed by atoms with Crippen LogP contribution < -0.4 is 5.32 Å². The zero-order valence-corrected chi connectivity index (χ0v) is 17.3. The van der Waals surface area contributed by atoms with Crippen LogP contribution in [0.3, 0.4) is 0 Å². The fraction of sp³-hybridized carbons (Fsp3) is 0.304. The standard InChI is InChI=1S/C23H22FN5O3/c24-15-8-6-14(7-9-15)22-28-21(32-29-22)5-1-4-20(30)25-16-10-11-17-18(13-16)27-23(26-17)19-3-2-12-31-19/h6-11,13,19H,1-5,12H2,(H,25,30)(H,26,27). The summed E-state index contributed by atoms with van der Waals surface area (Å²) in [5.74, 6) is 1.26. The molecule has 1 saturated heterocycles. The molecule has 9 heteroatoms. The number of hydrogen-bond acceptors (Lipinski definition) is 6. The van der Waals surface area contributed by atoms with Crippen molar-refractivity contribution >= 4 is 22.6 Å². The molecule has 3 heterocycles. The first kappa shape index (κ1) is 20.3. The number of rotatable bonds is 7. The van der Waals surface area contributed by atoms with E-state index in [1.54, 1.807) is 12.1 Å². The maximum absolute atomic E-state index is 13.0. The molecular weight excluding hydrogens is 413 g/mol.